The molecule has 0 aliphatic carbocycles. The maximum Gasteiger partial charge on any atom is 0.348 e. The number of benzene rings is 1. The van der Waals surface area contributed by atoms with Gasteiger partial charge in [0.15, 0.2) is 0 Å². The fourth-order valence-electron chi connectivity index (χ4n) is 2.11. The van der Waals surface area contributed by atoms with Crippen LogP contribution < -0.4 is 5.32 Å². The summed E-state index contributed by atoms with van der Waals surface area (Å²) in [7, 11) is 0. The van der Waals surface area contributed by atoms with Crippen LogP contribution in [0.5, 0.6) is 0 Å². The van der Waals surface area contributed by atoms with E-state index in [1.165, 1.54) is 17.4 Å². The van der Waals surface area contributed by atoms with Crippen LogP contribution in [0.1, 0.15) is 14.5 Å². The van der Waals surface area contributed by atoms with Gasteiger partial charge in [0.05, 0.1) is 5.69 Å². The van der Waals surface area contributed by atoms with Crippen LogP contribution in [-0.4, -0.2) is 17.0 Å². The van der Waals surface area contributed by atoms with Gasteiger partial charge in [0.1, 0.15) is 4.88 Å². The second-order valence-electron chi connectivity index (χ2n) is 4.86. The van der Waals surface area contributed by atoms with Crippen LogP contribution in [0, 0.1) is 0 Å². The van der Waals surface area contributed by atoms with E-state index in [4.69, 9.17) is 0 Å². The molecule has 2 aromatic heterocycles. The molecular weight excluding hydrogens is 342 g/mol. The number of rotatable bonds is 5. The van der Waals surface area contributed by atoms with Crippen molar-refractivity contribution >= 4 is 46.3 Å². The van der Waals surface area contributed by atoms with Gasteiger partial charge in [-0.1, -0.05) is 36.4 Å². The summed E-state index contributed by atoms with van der Waals surface area (Å²) in [6.45, 7) is 0. The smallest absolute Gasteiger partial charge is 0.348 e. The monoisotopic (exact) mass is 355 g/mol. The summed E-state index contributed by atoms with van der Waals surface area (Å²) >= 11 is 2.66. The first-order chi connectivity index (χ1) is 11.6. The summed E-state index contributed by atoms with van der Waals surface area (Å²) in [6, 6.07) is 15.0. The maximum atomic E-state index is 12.0. The standard InChI is InChI=1S/C18H13NO3S2/c20-16(9-8-13-7-4-10-23-13)19-14-11-15(24-17(14)18(21)22)12-5-2-1-3-6-12/h1-11H,(H,19,20)(H,21,22). The van der Waals surface area contributed by atoms with Crippen molar-refractivity contribution in [3.63, 3.8) is 0 Å². The number of amides is 1. The van der Waals surface area contributed by atoms with Gasteiger partial charge < -0.3 is 10.4 Å². The Morgan fingerprint density at radius 3 is 2.54 bits per heavy atom. The van der Waals surface area contributed by atoms with E-state index < -0.39 is 5.97 Å². The molecule has 3 aromatic rings. The highest BCUT2D eigenvalue weighted by atomic mass is 32.1. The van der Waals surface area contributed by atoms with Gasteiger partial charge in [0.2, 0.25) is 5.91 Å². The third kappa shape index (κ3) is 3.79. The van der Waals surface area contributed by atoms with Gasteiger partial charge in [-0.2, -0.15) is 0 Å². The van der Waals surface area contributed by atoms with Crippen molar-refractivity contribution in [2.75, 3.05) is 5.32 Å². The number of thiophene rings is 2. The van der Waals surface area contributed by atoms with Gasteiger partial charge in [-0.25, -0.2) is 4.79 Å². The van der Waals surface area contributed by atoms with Gasteiger partial charge >= 0.3 is 5.97 Å². The average Bonchev–Trinajstić information content (AvgIpc) is 3.23. The van der Waals surface area contributed by atoms with Gasteiger partial charge in [-0.05, 0) is 29.2 Å². The van der Waals surface area contributed by atoms with Crippen molar-refractivity contribution in [3.8, 4) is 10.4 Å². The highest BCUT2D eigenvalue weighted by Crippen LogP contribution is 2.34. The molecule has 1 aromatic carbocycles. The Labute approximate surface area is 146 Å². The Kier molecular flexibility index (Phi) is 4.88. The van der Waals surface area contributed by atoms with Crippen molar-refractivity contribution in [1.82, 2.24) is 0 Å². The lowest BCUT2D eigenvalue weighted by atomic mass is 10.2. The van der Waals surface area contributed by atoms with E-state index in [0.29, 0.717) is 5.69 Å². The van der Waals surface area contributed by atoms with Gasteiger partial charge in [-0.3, -0.25) is 4.79 Å². The minimum Gasteiger partial charge on any atom is -0.477 e. The number of anilines is 1. The number of aromatic carboxylic acids is 1. The minimum atomic E-state index is -1.06. The highest BCUT2D eigenvalue weighted by Gasteiger charge is 2.17. The van der Waals surface area contributed by atoms with E-state index in [-0.39, 0.29) is 10.8 Å². The molecule has 6 heteroatoms. The van der Waals surface area contributed by atoms with Crippen molar-refractivity contribution in [2.45, 2.75) is 0 Å². The summed E-state index contributed by atoms with van der Waals surface area (Å²) in [5.41, 5.74) is 1.23. The summed E-state index contributed by atoms with van der Waals surface area (Å²) in [5, 5.41) is 13.9. The van der Waals surface area contributed by atoms with Crippen LogP contribution in [0.25, 0.3) is 16.5 Å². The molecule has 2 N–H and O–H groups in total. The molecule has 3 rings (SSSR count). The molecule has 0 bridgehead atoms. The van der Waals surface area contributed by atoms with Crippen LogP contribution >= 0.6 is 22.7 Å². The molecule has 24 heavy (non-hydrogen) atoms. The molecule has 0 spiro atoms. The van der Waals surface area contributed by atoms with Crippen LogP contribution in [0.2, 0.25) is 0 Å². The van der Waals surface area contributed by atoms with Gasteiger partial charge in [0, 0.05) is 15.8 Å². The summed E-state index contributed by atoms with van der Waals surface area (Å²) < 4.78 is 0. The van der Waals surface area contributed by atoms with E-state index in [0.717, 1.165) is 26.7 Å². The zero-order valence-corrected chi connectivity index (χ0v) is 14.1. The third-order valence-corrected chi connectivity index (χ3v) is 5.19. The first-order valence-corrected chi connectivity index (χ1v) is 8.78. The Hall–Kier alpha value is -2.70. The maximum absolute atomic E-state index is 12.0. The van der Waals surface area contributed by atoms with Crippen molar-refractivity contribution in [1.29, 1.82) is 0 Å². The topological polar surface area (TPSA) is 66.4 Å². The first-order valence-electron chi connectivity index (χ1n) is 7.08. The summed E-state index contributed by atoms with van der Waals surface area (Å²) in [5.74, 6) is -1.41. The molecule has 0 atom stereocenters. The van der Waals surface area contributed by atoms with Crippen molar-refractivity contribution in [3.05, 3.63) is 69.7 Å². The summed E-state index contributed by atoms with van der Waals surface area (Å²) in [6.07, 6.45) is 3.10. The van der Waals surface area contributed by atoms with Crippen molar-refractivity contribution < 1.29 is 14.7 Å². The SMILES string of the molecule is O=C(C=Cc1cccs1)Nc1cc(-c2ccccc2)sc1C(=O)O. The molecule has 4 nitrogen and oxygen atoms in total. The lowest BCUT2D eigenvalue weighted by molar-refractivity contribution is -0.111. The number of carboxylic acids is 1. The molecule has 0 aliphatic heterocycles. The fourth-order valence-corrected chi connectivity index (χ4v) is 3.68. The van der Waals surface area contributed by atoms with E-state index >= 15 is 0 Å². The van der Waals surface area contributed by atoms with Gasteiger partial charge in [0.25, 0.3) is 0 Å². The predicted octanol–water partition coefficient (Wildman–Crippen LogP) is 4.83. The van der Waals surface area contributed by atoms with Crippen LogP contribution in [0.4, 0.5) is 5.69 Å². The number of hydrogen-bond acceptors (Lipinski definition) is 4. The molecule has 0 unspecified atom stereocenters. The molecular formula is C18H13NO3S2. The first kappa shape index (κ1) is 16.2. The molecule has 0 fully saturated rings. The van der Waals surface area contributed by atoms with Crippen LogP contribution in [-0.2, 0) is 4.79 Å². The third-order valence-electron chi connectivity index (χ3n) is 3.18. The fraction of sp³-hybridized carbons (Fsp3) is 0. The second-order valence-corrected chi connectivity index (χ2v) is 6.89. The average molecular weight is 355 g/mol. The lowest BCUT2D eigenvalue weighted by Crippen LogP contribution is -2.09. The van der Waals surface area contributed by atoms with E-state index in [1.54, 1.807) is 12.1 Å². The Morgan fingerprint density at radius 2 is 1.88 bits per heavy atom. The van der Waals surface area contributed by atoms with E-state index in [9.17, 15) is 14.7 Å². The zero-order valence-electron chi connectivity index (χ0n) is 12.4. The van der Waals surface area contributed by atoms with Crippen LogP contribution in [0.15, 0.2) is 60.0 Å². The molecule has 0 saturated carbocycles. The molecule has 1 amide bonds. The normalized spacial score (nSPS) is 10.8. The van der Waals surface area contributed by atoms with Crippen molar-refractivity contribution in [2.24, 2.45) is 0 Å². The number of carbonyl (C=O) groups excluding carboxylic acids is 1. The molecule has 120 valence electrons. The number of carbonyl (C=O) groups is 2. The number of carboxylic acid groups (broad SMARTS) is 1. The molecule has 0 saturated heterocycles. The van der Waals surface area contributed by atoms with Crippen LogP contribution in [0.3, 0.4) is 0 Å². The Morgan fingerprint density at radius 1 is 1.08 bits per heavy atom. The quantitative estimate of drug-likeness (QED) is 0.644. The number of nitrogens with one attached hydrogen (secondary N) is 1. The zero-order chi connectivity index (χ0) is 16.9. The van der Waals surface area contributed by atoms with E-state index in [2.05, 4.69) is 5.32 Å². The predicted molar refractivity (Wildman–Crippen MR) is 98.7 cm³/mol. The molecule has 0 radical (unpaired) electrons. The molecule has 2 heterocycles. The molecule has 0 aliphatic rings. The summed E-state index contributed by atoms with van der Waals surface area (Å²) in [4.78, 5) is 25.4. The number of hydrogen-bond donors (Lipinski definition) is 2. The second kappa shape index (κ2) is 7.25. The van der Waals surface area contributed by atoms with Gasteiger partial charge in [-0.15, -0.1) is 22.7 Å². The largest absolute Gasteiger partial charge is 0.477 e. The Balaban J connectivity index is 1.83. The Bertz CT molecular complexity index is 880. The lowest BCUT2D eigenvalue weighted by Gasteiger charge is -2.00. The highest BCUT2D eigenvalue weighted by molar-refractivity contribution is 7.18. The minimum absolute atomic E-state index is 0.117. The van der Waals surface area contributed by atoms with E-state index in [1.807, 2.05) is 47.8 Å².